The monoisotopic (exact) mass is 566 g/mol. The topological polar surface area (TPSA) is 58.6 Å². The maximum absolute atomic E-state index is 12.7. The number of halogens is 1. The Bertz CT molecular complexity index is 975. The number of carbonyl (C=O) groups excluding carboxylic acids is 2. The zero-order valence-corrected chi connectivity index (χ0v) is 20.9. The van der Waals surface area contributed by atoms with Crippen LogP contribution in [0.5, 0.6) is 5.75 Å². The van der Waals surface area contributed by atoms with Crippen molar-refractivity contribution in [3.05, 3.63) is 62.6 Å². The van der Waals surface area contributed by atoms with Crippen molar-refractivity contribution in [2.45, 2.75) is 25.7 Å². The molecule has 1 aliphatic heterocycles. The molecular formula is C23H23IN2O3S2. The molecular weight excluding hydrogens is 543 g/mol. The van der Waals surface area contributed by atoms with Crippen LogP contribution in [0.4, 0.5) is 5.69 Å². The molecule has 2 aromatic rings. The summed E-state index contributed by atoms with van der Waals surface area (Å²) in [4.78, 5) is 27.0. The first kappa shape index (κ1) is 23.7. The Labute approximate surface area is 205 Å². The Morgan fingerprint density at radius 3 is 2.52 bits per heavy atom. The van der Waals surface area contributed by atoms with Crippen LogP contribution in [-0.2, 0) is 9.59 Å². The van der Waals surface area contributed by atoms with Crippen molar-refractivity contribution in [3.63, 3.8) is 0 Å². The van der Waals surface area contributed by atoms with Gasteiger partial charge >= 0.3 is 0 Å². The van der Waals surface area contributed by atoms with Crippen LogP contribution in [0.3, 0.4) is 0 Å². The van der Waals surface area contributed by atoms with Gasteiger partial charge in [-0.05, 0) is 83.5 Å². The van der Waals surface area contributed by atoms with Crippen molar-refractivity contribution in [3.8, 4) is 5.75 Å². The number of nitrogens with zero attached hydrogens (tertiary/aromatic N) is 1. The SMILES string of the molecule is COc1ccc(/C=C2\SC(=S)N(CCCCCC(=O)Nc3ccc(I)cc3)C2=O)cc1. The summed E-state index contributed by atoms with van der Waals surface area (Å²) in [6.45, 7) is 0.573. The summed E-state index contributed by atoms with van der Waals surface area (Å²) in [5.41, 5.74) is 1.74. The summed E-state index contributed by atoms with van der Waals surface area (Å²) in [6.07, 6.45) is 4.75. The third-order valence-corrected chi connectivity index (χ3v) is 6.80. The second-order valence-corrected chi connectivity index (χ2v) is 9.89. The zero-order valence-electron chi connectivity index (χ0n) is 17.1. The molecule has 1 N–H and O–H groups in total. The van der Waals surface area contributed by atoms with E-state index in [9.17, 15) is 9.59 Å². The molecule has 2 aromatic carbocycles. The van der Waals surface area contributed by atoms with Gasteiger partial charge in [-0.25, -0.2) is 0 Å². The van der Waals surface area contributed by atoms with Crippen molar-refractivity contribution in [2.75, 3.05) is 19.0 Å². The van der Waals surface area contributed by atoms with E-state index in [1.165, 1.54) is 11.8 Å². The fourth-order valence-electron chi connectivity index (χ4n) is 3.03. The van der Waals surface area contributed by atoms with Gasteiger partial charge in [0.25, 0.3) is 5.91 Å². The van der Waals surface area contributed by atoms with E-state index in [0.29, 0.717) is 22.2 Å². The van der Waals surface area contributed by atoms with Crippen molar-refractivity contribution in [2.24, 2.45) is 0 Å². The molecule has 0 spiro atoms. The zero-order chi connectivity index (χ0) is 22.2. The smallest absolute Gasteiger partial charge is 0.266 e. The molecule has 1 aliphatic rings. The van der Waals surface area contributed by atoms with Crippen molar-refractivity contribution in [1.82, 2.24) is 4.90 Å². The molecule has 0 radical (unpaired) electrons. The summed E-state index contributed by atoms with van der Waals surface area (Å²) in [6, 6.07) is 15.3. The Morgan fingerprint density at radius 2 is 1.84 bits per heavy atom. The van der Waals surface area contributed by atoms with Crippen LogP contribution in [-0.4, -0.2) is 34.7 Å². The summed E-state index contributed by atoms with van der Waals surface area (Å²) < 4.78 is 6.87. The number of ether oxygens (including phenoxy) is 1. The molecule has 1 saturated heterocycles. The molecule has 3 rings (SSSR count). The van der Waals surface area contributed by atoms with Crippen molar-refractivity contribution < 1.29 is 14.3 Å². The number of anilines is 1. The van der Waals surface area contributed by atoms with Gasteiger partial charge in [0.1, 0.15) is 10.1 Å². The molecule has 162 valence electrons. The lowest BCUT2D eigenvalue weighted by atomic mass is 10.1. The van der Waals surface area contributed by atoms with Gasteiger partial charge in [0, 0.05) is 22.2 Å². The number of methoxy groups -OCH3 is 1. The van der Waals surface area contributed by atoms with Crippen LogP contribution < -0.4 is 10.1 Å². The first-order valence-corrected chi connectivity index (χ1v) is 12.2. The summed E-state index contributed by atoms with van der Waals surface area (Å²) in [5, 5.41) is 2.91. The molecule has 0 unspecified atom stereocenters. The number of hydrogen-bond donors (Lipinski definition) is 1. The Balaban J connectivity index is 1.41. The Morgan fingerprint density at radius 1 is 1.13 bits per heavy atom. The molecule has 2 amide bonds. The second-order valence-electron chi connectivity index (χ2n) is 6.97. The minimum absolute atomic E-state index is 0.00856. The van der Waals surface area contributed by atoms with Gasteiger partial charge in [-0.3, -0.25) is 14.5 Å². The van der Waals surface area contributed by atoms with Gasteiger partial charge in [-0.1, -0.05) is 42.5 Å². The fraction of sp³-hybridized carbons (Fsp3) is 0.261. The van der Waals surface area contributed by atoms with Crippen LogP contribution in [0, 0.1) is 3.57 Å². The highest BCUT2D eigenvalue weighted by atomic mass is 127. The molecule has 0 aromatic heterocycles. The first-order valence-electron chi connectivity index (χ1n) is 9.91. The van der Waals surface area contributed by atoms with E-state index in [4.69, 9.17) is 17.0 Å². The summed E-state index contributed by atoms with van der Waals surface area (Å²) >= 11 is 8.96. The molecule has 0 bridgehead atoms. The van der Waals surface area contributed by atoms with Gasteiger partial charge in [-0.15, -0.1) is 0 Å². The lowest BCUT2D eigenvalue weighted by molar-refractivity contribution is -0.122. The van der Waals surface area contributed by atoms with Crippen LogP contribution in [0.15, 0.2) is 53.4 Å². The van der Waals surface area contributed by atoms with Gasteiger partial charge in [0.2, 0.25) is 5.91 Å². The molecule has 0 aliphatic carbocycles. The largest absolute Gasteiger partial charge is 0.497 e. The van der Waals surface area contributed by atoms with E-state index in [2.05, 4.69) is 27.9 Å². The maximum atomic E-state index is 12.7. The van der Waals surface area contributed by atoms with E-state index in [0.717, 1.165) is 39.8 Å². The number of amides is 2. The Kier molecular flexibility index (Phi) is 8.91. The number of rotatable bonds is 9. The van der Waals surface area contributed by atoms with Crippen molar-refractivity contribution >= 4 is 74.5 Å². The minimum Gasteiger partial charge on any atom is -0.497 e. The van der Waals surface area contributed by atoms with Gasteiger partial charge in [0.05, 0.1) is 12.0 Å². The third-order valence-electron chi connectivity index (χ3n) is 4.70. The summed E-state index contributed by atoms with van der Waals surface area (Å²) in [5.74, 6) is 0.730. The van der Waals surface area contributed by atoms with Crippen LogP contribution >= 0.6 is 46.6 Å². The number of unbranched alkanes of at least 4 members (excludes halogenated alkanes) is 2. The minimum atomic E-state index is -0.0535. The van der Waals surface area contributed by atoms with Crippen molar-refractivity contribution in [1.29, 1.82) is 0 Å². The van der Waals surface area contributed by atoms with Gasteiger partial charge in [0.15, 0.2) is 0 Å². The average molecular weight is 566 g/mol. The lowest BCUT2D eigenvalue weighted by Gasteiger charge is -2.14. The van der Waals surface area contributed by atoms with Gasteiger partial charge < -0.3 is 10.1 Å². The highest BCUT2D eigenvalue weighted by Crippen LogP contribution is 2.33. The number of thiocarbonyl (C=S) groups is 1. The molecule has 1 fully saturated rings. The molecule has 31 heavy (non-hydrogen) atoms. The number of nitrogens with one attached hydrogen (secondary N) is 1. The average Bonchev–Trinajstić information content (AvgIpc) is 3.03. The molecule has 1 heterocycles. The second kappa shape index (κ2) is 11.6. The molecule has 5 nitrogen and oxygen atoms in total. The lowest BCUT2D eigenvalue weighted by Crippen LogP contribution is -2.29. The van der Waals surface area contributed by atoms with Crippen LogP contribution in [0.25, 0.3) is 6.08 Å². The van der Waals surface area contributed by atoms with E-state index in [1.807, 2.05) is 54.6 Å². The Hall–Kier alpha value is -1.91. The number of benzene rings is 2. The standard InChI is InChI=1S/C23H23IN2O3S2/c1-29-19-12-6-16(7-13-19)15-20-22(28)26(23(30)31-20)14-4-2-3-5-21(27)25-18-10-8-17(24)9-11-18/h6-13,15H,2-5,14H2,1H3,(H,25,27)/b20-15-. The number of hydrogen-bond acceptors (Lipinski definition) is 5. The first-order chi connectivity index (χ1) is 15.0. The van der Waals surface area contributed by atoms with E-state index < -0.39 is 0 Å². The normalized spacial score (nSPS) is 14.9. The summed E-state index contributed by atoms with van der Waals surface area (Å²) in [7, 11) is 1.62. The predicted molar refractivity (Wildman–Crippen MR) is 139 cm³/mol. The molecule has 0 atom stereocenters. The third kappa shape index (κ3) is 7.05. The maximum Gasteiger partial charge on any atom is 0.266 e. The fourth-order valence-corrected chi connectivity index (χ4v) is 4.70. The highest BCUT2D eigenvalue weighted by molar-refractivity contribution is 14.1. The van der Waals surface area contributed by atoms with E-state index in [1.54, 1.807) is 12.0 Å². The van der Waals surface area contributed by atoms with Gasteiger partial charge in [-0.2, -0.15) is 0 Å². The predicted octanol–water partition coefficient (Wildman–Crippen LogP) is 5.70. The molecule has 8 heteroatoms. The van der Waals surface area contributed by atoms with E-state index in [-0.39, 0.29) is 11.8 Å². The van der Waals surface area contributed by atoms with Crippen LogP contribution in [0.1, 0.15) is 31.2 Å². The van der Waals surface area contributed by atoms with E-state index >= 15 is 0 Å². The number of carbonyl (C=O) groups is 2. The quantitative estimate of drug-likeness (QED) is 0.183. The highest BCUT2D eigenvalue weighted by Gasteiger charge is 2.31. The molecule has 0 saturated carbocycles. The number of thioether (sulfide) groups is 1. The van der Waals surface area contributed by atoms with Crippen LogP contribution in [0.2, 0.25) is 0 Å².